The van der Waals surface area contributed by atoms with E-state index in [0.29, 0.717) is 12.5 Å². The van der Waals surface area contributed by atoms with Gasteiger partial charge in [-0.2, -0.15) is 0 Å². The van der Waals surface area contributed by atoms with E-state index in [2.05, 4.69) is 42.3 Å². The molecule has 2 aliphatic rings. The number of hydrogen-bond donors (Lipinski definition) is 0. The van der Waals surface area contributed by atoms with Crippen molar-refractivity contribution in [2.24, 2.45) is 0 Å². The number of ether oxygens (including phenoxy) is 1. The molecule has 1 heterocycles. The molecule has 2 aromatic carbocycles. The SMILES string of the molecule is CN1CCCCC1CC(Oc1cccc2c1CCCC2=O)c1ccccc1. The number of nitrogens with zero attached hydrogens (tertiary/aromatic N) is 1. The molecule has 0 bridgehead atoms. The lowest BCUT2D eigenvalue weighted by molar-refractivity contribution is 0.0963. The molecule has 4 rings (SSSR count). The van der Waals surface area contributed by atoms with Gasteiger partial charge in [0, 0.05) is 30.0 Å². The summed E-state index contributed by atoms with van der Waals surface area (Å²) < 4.78 is 6.62. The predicted molar refractivity (Wildman–Crippen MR) is 108 cm³/mol. The third-order valence-corrected chi connectivity index (χ3v) is 6.11. The van der Waals surface area contributed by atoms with Crippen LogP contribution in [0.2, 0.25) is 0 Å². The number of carbonyl (C=O) groups excluding carboxylic acids is 1. The molecule has 0 amide bonds. The van der Waals surface area contributed by atoms with Crippen LogP contribution in [0.25, 0.3) is 0 Å². The van der Waals surface area contributed by atoms with E-state index >= 15 is 0 Å². The molecule has 0 saturated carbocycles. The van der Waals surface area contributed by atoms with Gasteiger partial charge in [0.2, 0.25) is 0 Å². The van der Waals surface area contributed by atoms with Crippen molar-refractivity contribution in [3.63, 3.8) is 0 Å². The van der Waals surface area contributed by atoms with Gasteiger partial charge in [-0.05, 0) is 50.9 Å². The van der Waals surface area contributed by atoms with Gasteiger partial charge in [-0.25, -0.2) is 0 Å². The second-order valence-electron chi connectivity index (χ2n) is 7.94. The van der Waals surface area contributed by atoms with Crippen molar-refractivity contribution in [1.82, 2.24) is 4.90 Å². The van der Waals surface area contributed by atoms with E-state index < -0.39 is 0 Å². The number of hydrogen-bond acceptors (Lipinski definition) is 3. The van der Waals surface area contributed by atoms with Crippen molar-refractivity contribution in [3.8, 4) is 5.75 Å². The maximum Gasteiger partial charge on any atom is 0.163 e. The second kappa shape index (κ2) is 8.26. The Morgan fingerprint density at radius 3 is 2.70 bits per heavy atom. The largest absolute Gasteiger partial charge is 0.485 e. The lowest BCUT2D eigenvalue weighted by Crippen LogP contribution is -2.37. The molecule has 3 nitrogen and oxygen atoms in total. The van der Waals surface area contributed by atoms with Gasteiger partial charge < -0.3 is 9.64 Å². The summed E-state index contributed by atoms with van der Waals surface area (Å²) in [5.41, 5.74) is 3.18. The summed E-state index contributed by atoms with van der Waals surface area (Å²) in [4.78, 5) is 14.8. The number of carbonyl (C=O) groups is 1. The maximum atomic E-state index is 12.3. The summed E-state index contributed by atoms with van der Waals surface area (Å²) in [6, 6.07) is 17.0. The molecule has 2 atom stereocenters. The first-order chi connectivity index (χ1) is 13.2. The maximum absolute atomic E-state index is 12.3. The first-order valence-corrected chi connectivity index (χ1v) is 10.3. The summed E-state index contributed by atoms with van der Waals surface area (Å²) in [6.07, 6.45) is 7.33. The number of benzene rings is 2. The van der Waals surface area contributed by atoms with E-state index in [1.54, 1.807) is 0 Å². The van der Waals surface area contributed by atoms with Gasteiger partial charge in [-0.3, -0.25) is 4.79 Å². The van der Waals surface area contributed by atoms with Crippen molar-refractivity contribution in [2.75, 3.05) is 13.6 Å². The number of rotatable bonds is 5. The Balaban J connectivity index is 1.62. The zero-order chi connectivity index (χ0) is 18.6. The van der Waals surface area contributed by atoms with Gasteiger partial charge in [0.15, 0.2) is 5.78 Å². The first-order valence-electron chi connectivity index (χ1n) is 10.3. The minimum atomic E-state index is 0.0141. The van der Waals surface area contributed by atoms with Crippen LogP contribution in [0.5, 0.6) is 5.75 Å². The molecule has 2 aromatic rings. The Morgan fingerprint density at radius 2 is 1.89 bits per heavy atom. The van der Waals surface area contributed by atoms with Crippen molar-refractivity contribution >= 4 is 5.78 Å². The molecule has 1 fully saturated rings. The number of ketones is 1. The summed E-state index contributed by atoms with van der Waals surface area (Å²) in [7, 11) is 2.23. The Kier molecular flexibility index (Phi) is 5.58. The smallest absolute Gasteiger partial charge is 0.163 e. The third kappa shape index (κ3) is 4.08. The summed E-state index contributed by atoms with van der Waals surface area (Å²) >= 11 is 0. The van der Waals surface area contributed by atoms with Gasteiger partial charge >= 0.3 is 0 Å². The van der Waals surface area contributed by atoms with Crippen LogP contribution in [-0.4, -0.2) is 30.3 Å². The topological polar surface area (TPSA) is 29.5 Å². The van der Waals surface area contributed by atoms with Gasteiger partial charge in [-0.15, -0.1) is 0 Å². The third-order valence-electron chi connectivity index (χ3n) is 6.11. The number of likely N-dealkylation sites (tertiary alicyclic amines) is 1. The van der Waals surface area contributed by atoms with Crippen molar-refractivity contribution in [3.05, 3.63) is 65.2 Å². The first kappa shape index (κ1) is 18.2. The average Bonchev–Trinajstić information content (AvgIpc) is 2.70. The van der Waals surface area contributed by atoms with Crippen LogP contribution in [0.3, 0.4) is 0 Å². The molecular weight excluding hydrogens is 334 g/mol. The fraction of sp³-hybridized carbons (Fsp3) is 0.458. The van der Waals surface area contributed by atoms with E-state index in [1.807, 2.05) is 18.2 Å². The molecule has 0 aromatic heterocycles. The fourth-order valence-corrected chi connectivity index (χ4v) is 4.52. The fourth-order valence-electron chi connectivity index (χ4n) is 4.52. The highest BCUT2D eigenvalue weighted by Crippen LogP contribution is 2.35. The summed E-state index contributed by atoms with van der Waals surface area (Å²) in [5, 5.41) is 0. The van der Waals surface area contributed by atoms with Crippen molar-refractivity contribution in [1.29, 1.82) is 0 Å². The molecule has 0 radical (unpaired) electrons. The van der Waals surface area contributed by atoms with Crippen molar-refractivity contribution in [2.45, 2.75) is 57.1 Å². The highest BCUT2D eigenvalue weighted by Gasteiger charge is 2.27. The molecule has 1 aliphatic heterocycles. The second-order valence-corrected chi connectivity index (χ2v) is 7.94. The highest BCUT2D eigenvalue weighted by atomic mass is 16.5. The van der Waals surface area contributed by atoms with E-state index in [4.69, 9.17) is 4.74 Å². The minimum Gasteiger partial charge on any atom is -0.485 e. The van der Waals surface area contributed by atoms with E-state index in [1.165, 1.54) is 31.4 Å². The number of fused-ring (bicyclic) bond motifs is 1. The Hall–Kier alpha value is -2.13. The molecular formula is C24H29NO2. The molecule has 0 N–H and O–H groups in total. The zero-order valence-electron chi connectivity index (χ0n) is 16.2. The Morgan fingerprint density at radius 1 is 1.04 bits per heavy atom. The normalized spacial score (nSPS) is 21.5. The Bertz CT molecular complexity index is 786. The molecule has 0 spiro atoms. The van der Waals surface area contributed by atoms with Crippen molar-refractivity contribution < 1.29 is 9.53 Å². The van der Waals surface area contributed by atoms with Gasteiger partial charge in [0.25, 0.3) is 0 Å². The standard InChI is InChI=1S/C24H29NO2/c1-25-16-6-5-11-19(25)17-24(18-9-3-2-4-10-18)27-23-15-8-12-20-21(23)13-7-14-22(20)26/h2-4,8-10,12,15,19,24H,5-7,11,13-14,16-17H2,1H3. The van der Waals surface area contributed by atoms with Crippen LogP contribution in [-0.2, 0) is 6.42 Å². The Labute approximate surface area is 162 Å². The van der Waals surface area contributed by atoms with Crippen LogP contribution in [0, 0.1) is 0 Å². The monoisotopic (exact) mass is 363 g/mol. The minimum absolute atomic E-state index is 0.0141. The summed E-state index contributed by atoms with van der Waals surface area (Å²) in [6.45, 7) is 1.17. The van der Waals surface area contributed by atoms with Gasteiger partial charge in [-0.1, -0.05) is 48.9 Å². The number of piperidine rings is 1. The van der Waals surface area contributed by atoms with Crippen LogP contribution in [0.1, 0.15) is 66.1 Å². The zero-order valence-corrected chi connectivity index (χ0v) is 16.2. The van der Waals surface area contributed by atoms with Crippen LogP contribution in [0.4, 0.5) is 0 Å². The van der Waals surface area contributed by atoms with Crippen LogP contribution in [0.15, 0.2) is 48.5 Å². The van der Waals surface area contributed by atoms with Gasteiger partial charge in [0.1, 0.15) is 11.9 Å². The predicted octanol–water partition coefficient (Wildman–Crippen LogP) is 5.20. The van der Waals surface area contributed by atoms with E-state index in [0.717, 1.165) is 36.1 Å². The average molecular weight is 364 g/mol. The molecule has 27 heavy (non-hydrogen) atoms. The van der Waals surface area contributed by atoms with Gasteiger partial charge in [0.05, 0.1) is 0 Å². The molecule has 142 valence electrons. The highest BCUT2D eigenvalue weighted by molar-refractivity contribution is 5.99. The van der Waals surface area contributed by atoms with Crippen LogP contribution < -0.4 is 4.74 Å². The van der Waals surface area contributed by atoms with E-state index in [9.17, 15) is 4.79 Å². The molecule has 3 heteroatoms. The van der Waals surface area contributed by atoms with Crippen LogP contribution >= 0.6 is 0 Å². The number of Topliss-reactive ketones (excluding diaryl/α,β-unsaturated/α-hetero) is 1. The lowest BCUT2D eigenvalue weighted by Gasteiger charge is -2.35. The molecule has 1 aliphatic carbocycles. The molecule has 1 saturated heterocycles. The molecule has 2 unspecified atom stereocenters. The lowest BCUT2D eigenvalue weighted by atomic mass is 9.89. The summed E-state index contributed by atoms with van der Waals surface area (Å²) in [5.74, 6) is 1.15. The quantitative estimate of drug-likeness (QED) is 0.731. The van der Waals surface area contributed by atoms with E-state index in [-0.39, 0.29) is 11.9 Å².